The number of hydrogen-bond acceptors (Lipinski definition) is 4. The van der Waals surface area contributed by atoms with Gasteiger partial charge in [0.05, 0.1) is 0 Å². The number of hydrogen-bond donors (Lipinski definition) is 5. The number of nitrogens with zero attached hydrogens (tertiary/aromatic N) is 1. The first-order chi connectivity index (χ1) is 11.1. The highest BCUT2D eigenvalue weighted by atomic mass is 31.2. The monoisotopic (exact) mass is 376 g/mol. The number of alkyl halides is 1. The van der Waals surface area contributed by atoms with Crippen LogP contribution in [-0.4, -0.2) is 30.1 Å². The Hall–Kier alpha value is -1.60. The smallest absolute Gasteiger partial charge is 0.346 e. The molecule has 0 aliphatic rings. The summed E-state index contributed by atoms with van der Waals surface area (Å²) in [6.45, 7) is -0.650. The summed E-state index contributed by atoms with van der Waals surface area (Å²) in [5.41, 5.74) is -0.787. The molecule has 1 aromatic heterocycles. The Balaban J connectivity index is 2.36. The highest BCUT2D eigenvalue weighted by Crippen LogP contribution is 2.59. The van der Waals surface area contributed by atoms with E-state index in [0.717, 1.165) is 0 Å². The van der Waals surface area contributed by atoms with Gasteiger partial charge >= 0.3 is 15.2 Å². The summed E-state index contributed by atoms with van der Waals surface area (Å²) in [4.78, 5) is 40.3. The number of nitrogens with one attached hydrogen (secondary N) is 1. The number of benzene rings is 1. The van der Waals surface area contributed by atoms with E-state index < -0.39 is 27.4 Å². The third-order valence-corrected chi connectivity index (χ3v) is 6.43. The fourth-order valence-corrected chi connectivity index (χ4v) is 4.19. The molecule has 0 atom stereocenters. The molecule has 5 N–H and O–H groups in total. The van der Waals surface area contributed by atoms with Gasteiger partial charge in [-0.1, -0.05) is 18.2 Å². The van der Waals surface area contributed by atoms with Crippen LogP contribution < -0.4 is 5.32 Å². The van der Waals surface area contributed by atoms with Gasteiger partial charge in [-0.3, -0.25) is 9.13 Å². The van der Waals surface area contributed by atoms with E-state index >= 15 is 0 Å². The molecule has 1 aromatic carbocycles. The maximum atomic E-state index is 12.7. The van der Waals surface area contributed by atoms with E-state index in [1.165, 1.54) is 12.3 Å². The summed E-state index contributed by atoms with van der Waals surface area (Å²) in [6.07, 6.45) is 1.30. The van der Waals surface area contributed by atoms with Gasteiger partial charge in [0.2, 0.25) is 5.52 Å². The maximum Gasteiger partial charge on any atom is 0.360 e. The molecule has 8 nitrogen and oxygen atoms in total. The molecule has 0 fully saturated rings. The van der Waals surface area contributed by atoms with Crippen molar-refractivity contribution in [2.24, 2.45) is 0 Å². The Bertz CT molecular complexity index is 800. The van der Waals surface area contributed by atoms with Gasteiger partial charge in [-0.2, -0.15) is 0 Å². The van der Waals surface area contributed by atoms with E-state index in [1.807, 2.05) is 0 Å². The Kier molecular flexibility index (Phi) is 5.55. The Morgan fingerprint density at radius 1 is 1.04 bits per heavy atom. The summed E-state index contributed by atoms with van der Waals surface area (Å²) in [7, 11) is -10.3. The van der Waals surface area contributed by atoms with Crippen molar-refractivity contribution in [3.63, 3.8) is 0 Å². The number of pyridine rings is 1. The topological polar surface area (TPSA) is 140 Å². The van der Waals surface area contributed by atoms with Gasteiger partial charge in [0.15, 0.2) is 0 Å². The molecule has 0 saturated heterocycles. The molecule has 0 bridgehead atoms. The van der Waals surface area contributed by atoms with Crippen LogP contribution in [0.1, 0.15) is 5.56 Å². The molecule has 0 unspecified atom stereocenters. The van der Waals surface area contributed by atoms with Crippen LogP contribution in [0.3, 0.4) is 0 Å². The molecule has 0 amide bonds. The molecule has 0 spiro atoms. The van der Waals surface area contributed by atoms with Crippen molar-refractivity contribution in [1.82, 2.24) is 4.98 Å². The Morgan fingerprint density at radius 2 is 1.67 bits per heavy atom. The summed E-state index contributed by atoms with van der Waals surface area (Å²) < 4.78 is 35.3. The van der Waals surface area contributed by atoms with Crippen molar-refractivity contribution < 1.29 is 33.1 Å². The van der Waals surface area contributed by atoms with Gasteiger partial charge in [0.25, 0.3) is 0 Å². The van der Waals surface area contributed by atoms with E-state index in [4.69, 9.17) is 19.6 Å². The predicted octanol–water partition coefficient (Wildman–Crippen LogP) is 2.27. The van der Waals surface area contributed by atoms with Crippen molar-refractivity contribution in [1.29, 1.82) is 0 Å². The van der Waals surface area contributed by atoms with Crippen molar-refractivity contribution in [2.45, 2.75) is 12.2 Å². The van der Waals surface area contributed by atoms with Crippen LogP contribution in [0.4, 0.5) is 10.2 Å². The second kappa shape index (κ2) is 7.11. The van der Waals surface area contributed by atoms with Crippen LogP contribution >= 0.6 is 15.2 Å². The van der Waals surface area contributed by atoms with Gasteiger partial charge in [-0.05, 0) is 34.9 Å². The molecule has 1 heterocycles. The fraction of sp³-hybridized carbons (Fsp3) is 0.154. The summed E-state index contributed by atoms with van der Waals surface area (Å²) in [6, 6.07) is 9.46. The third kappa shape index (κ3) is 4.70. The van der Waals surface area contributed by atoms with E-state index in [1.54, 1.807) is 30.3 Å². The van der Waals surface area contributed by atoms with Crippen LogP contribution in [0.15, 0.2) is 42.6 Å². The zero-order valence-electron chi connectivity index (χ0n) is 12.2. The molecule has 0 saturated carbocycles. The number of aromatic nitrogens is 1. The normalized spacial score (nSPS) is 12.4. The average Bonchev–Trinajstić information content (AvgIpc) is 2.51. The van der Waals surface area contributed by atoms with Crippen LogP contribution in [-0.2, 0) is 15.8 Å². The molecule has 2 aromatic rings. The highest BCUT2D eigenvalue weighted by Gasteiger charge is 2.43. The van der Waals surface area contributed by atoms with Crippen molar-refractivity contribution in [3.05, 3.63) is 48.2 Å². The van der Waals surface area contributed by atoms with Gasteiger partial charge < -0.3 is 24.9 Å². The average molecular weight is 376 g/mol. The first-order valence-corrected chi connectivity index (χ1v) is 9.96. The lowest BCUT2D eigenvalue weighted by molar-refractivity contribution is 0.343. The van der Waals surface area contributed by atoms with E-state index in [2.05, 4.69) is 10.3 Å². The Labute approximate surface area is 136 Å². The SMILES string of the molecule is O=P(O)(O)C(Nc1cc(-c2cccc(CF)c2)ccn1)P(=O)(O)O. The number of anilines is 1. The molecule has 2 rings (SSSR count). The standard InChI is InChI=1S/C13H15FN2O6P2/c14-8-9-2-1-3-10(6-9)11-4-5-15-12(7-11)16-13(23(17,18)19)24(20,21)22/h1-7,13H,8H2,(H,15,16)(H2,17,18,19)(H2,20,21,22). The molecule has 0 aliphatic carbocycles. The fourth-order valence-electron chi connectivity index (χ4n) is 2.02. The first kappa shape index (κ1) is 18.7. The largest absolute Gasteiger partial charge is 0.360 e. The third-order valence-electron chi connectivity index (χ3n) is 3.09. The zero-order chi connectivity index (χ0) is 18.0. The van der Waals surface area contributed by atoms with E-state index in [9.17, 15) is 13.5 Å². The summed E-state index contributed by atoms with van der Waals surface area (Å²) in [5, 5.41) is 2.09. The lowest BCUT2D eigenvalue weighted by Gasteiger charge is -2.21. The minimum atomic E-state index is -5.13. The molecule has 24 heavy (non-hydrogen) atoms. The predicted molar refractivity (Wildman–Crippen MR) is 86.0 cm³/mol. The second-order valence-electron chi connectivity index (χ2n) is 4.96. The van der Waals surface area contributed by atoms with Crippen LogP contribution in [0.5, 0.6) is 0 Å². The highest BCUT2D eigenvalue weighted by molar-refractivity contribution is 7.71. The summed E-state index contributed by atoms with van der Waals surface area (Å²) in [5.74, 6) is -0.130. The first-order valence-electron chi connectivity index (χ1n) is 6.59. The molecule has 11 heteroatoms. The summed E-state index contributed by atoms with van der Waals surface area (Å²) >= 11 is 0. The minimum absolute atomic E-state index is 0.130. The second-order valence-corrected chi connectivity index (χ2v) is 8.76. The Morgan fingerprint density at radius 3 is 2.25 bits per heavy atom. The van der Waals surface area contributed by atoms with Crippen molar-refractivity contribution >= 4 is 21.0 Å². The number of rotatable bonds is 6. The molecule has 0 aliphatic heterocycles. The van der Waals surface area contributed by atoms with Gasteiger partial charge in [-0.25, -0.2) is 9.37 Å². The van der Waals surface area contributed by atoms with Gasteiger partial charge in [-0.15, -0.1) is 0 Å². The van der Waals surface area contributed by atoms with E-state index in [-0.39, 0.29) is 5.82 Å². The molecular weight excluding hydrogens is 361 g/mol. The lowest BCUT2D eigenvalue weighted by atomic mass is 10.0. The van der Waals surface area contributed by atoms with Crippen LogP contribution in [0.25, 0.3) is 11.1 Å². The number of halogens is 1. The van der Waals surface area contributed by atoms with Gasteiger partial charge in [0, 0.05) is 6.20 Å². The van der Waals surface area contributed by atoms with Gasteiger partial charge in [0.1, 0.15) is 12.5 Å². The van der Waals surface area contributed by atoms with Crippen LogP contribution in [0.2, 0.25) is 0 Å². The quantitative estimate of drug-likeness (QED) is 0.484. The van der Waals surface area contributed by atoms with E-state index in [0.29, 0.717) is 16.7 Å². The lowest BCUT2D eigenvalue weighted by Crippen LogP contribution is -2.20. The molecular formula is C13H15FN2O6P2. The minimum Gasteiger partial charge on any atom is -0.346 e. The zero-order valence-corrected chi connectivity index (χ0v) is 13.9. The maximum absolute atomic E-state index is 12.7. The van der Waals surface area contributed by atoms with Crippen molar-refractivity contribution in [2.75, 3.05) is 5.32 Å². The molecule has 0 radical (unpaired) electrons. The molecule has 130 valence electrons. The van der Waals surface area contributed by atoms with Crippen molar-refractivity contribution in [3.8, 4) is 11.1 Å². The van der Waals surface area contributed by atoms with Crippen LogP contribution in [0, 0.1) is 0 Å².